The van der Waals surface area contributed by atoms with E-state index >= 15 is 0 Å². The van der Waals surface area contributed by atoms with E-state index in [1.54, 1.807) is 0 Å². The standard InChI is InChI=1S/C19H40/c1-5-8-11-14-18(4)17-19(15-12-9-6-2)16-13-10-7-3/h18-19H,5-17H2,1-4H3. The summed E-state index contributed by atoms with van der Waals surface area (Å²) < 4.78 is 0. The predicted octanol–water partition coefficient (Wildman–Crippen LogP) is 7.37. The van der Waals surface area contributed by atoms with Crippen molar-refractivity contribution < 1.29 is 0 Å². The Morgan fingerprint density at radius 3 is 1.42 bits per heavy atom. The highest BCUT2D eigenvalue weighted by molar-refractivity contribution is 4.65. The third-order valence-electron chi connectivity index (χ3n) is 4.47. The lowest BCUT2D eigenvalue weighted by Gasteiger charge is -2.21. The third kappa shape index (κ3) is 12.8. The van der Waals surface area contributed by atoms with Gasteiger partial charge in [0, 0.05) is 0 Å². The molecule has 0 saturated heterocycles. The first kappa shape index (κ1) is 19.0. The molecule has 1 atom stereocenters. The maximum atomic E-state index is 2.49. The van der Waals surface area contributed by atoms with E-state index in [1.807, 2.05) is 0 Å². The summed E-state index contributed by atoms with van der Waals surface area (Å²) in [6, 6.07) is 0. The largest absolute Gasteiger partial charge is 0.0654 e. The molecule has 0 aliphatic rings. The molecule has 0 heterocycles. The Kier molecular flexibility index (Phi) is 14.4. The van der Waals surface area contributed by atoms with Crippen LogP contribution in [0.4, 0.5) is 0 Å². The van der Waals surface area contributed by atoms with Crippen molar-refractivity contribution in [2.75, 3.05) is 0 Å². The van der Waals surface area contributed by atoms with Gasteiger partial charge in [0.25, 0.3) is 0 Å². The maximum absolute atomic E-state index is 2.49. The van der Waals surface area contributed by atoms with Crippen molar-refractivity contribution in [3.8, 4) is 0 Å². The normalized spacial score (nSPS) is 13.1. The van der Waals surface area contributed by atoms with Crippen LogP contribution in [0.3, 0.4) is 0 Å². The first-order valence-corrected chi connectivity index (χ1v) is 9.24. The van der Waals surface area contributed by atoms with Gasteiger partial charge in [-0.25, -0.2) is 0 Å². The molecule has 0 heteroatoms. The quantitative estimate of drug-likeness (QED) is 0.288. The molecule has 0 saturated carbocycles. The van der Waals surface area contributed by atoms with Crippen molar-refractivity contribution in [3.05, 3.63) is 0 Å². The van der Waals surface area contributed by atoms with Gasteiger partial charge in [-0.2, -0.15) is 0 Å². The van der Waals surface area contributed by atoms with Gasteiger partial charge in [-0.1, -0.05) is 105 Å². The molecule has 0 spiro atoms. The van der Waals surface area contributed by atoms with Gasteiger partial charge in [0.2, 0.25) is 0 Å². The maximum Gasteiger partial charge on any atom is -0.0412 e. The first-order valence-electron chi connectivity index (χ1n) is 9.24. The highest BCUT2D eigenvalue weighted by Crippen LogP contribution is 2.27. The number of hydrogen-bond donors (Lipinski definition) is 0. The molecule has 0 bridgehead atoms. The zero-order valence-electron chi connectivity index (χ0n) is 14.3. The SMILES string of the molecule is CCCCCC(C)CC(CCCCC)CCCCC. The van der Waals surface area contributed by atoms with Crippen LogP contribution in [0.5, 0.6) is 0 Å². The van der Waals surface area contributed by atoms with E-state index in [1.165, 1.54) is 83.5 Å². The number of rotatable bonds is 14. The van der Waals surface area contributed by atoms with Gasteiger partial charge in [0.05, 0.1) is 0 Å². The van der Waals surface area contributed by atoms with Crippen LogP contribution in [0.15, 0.2) is 0 Å². The Bertz CT molecular complexity index is 151. The lowest BCUT2D eigenvalue weighted by atomic mass is 9.85. The second-order valence-electron chi connectivity index (χ2n) is 6.69. The lowest BCUT2D eigenvalue weighted by molar-refractivity contribution is 0.315. The van der Waals surface area contributed by atoms with Crippen molar-refractivity contribution in [1.29, 1.82) is 0 Å². The molecule has 19 heavy (non-hydrogen) atoms. The molecule has 0 radical (unpaired) electrons. The van der Waals surface area contributed by atoms with Gasteiger partial charge in [-0.05, 0) is 18.3 Å². The van der Waals surface area contributed by atoms with Crippen LogP contribution in [0.2, 0.25) is 0 Å². The molecule has 0 nitrogen and oxygen atoms in total. The third-order valence-corrected chi connectivity index (χ3v) is 4.47. The number of unbranched alkanes of at least 4 members (excludes halogenated alkanes) is 6. The molecule has 0 aromatic rings. The molecule has 0 fully saturated rings. The second kappa shape index (κ2) is 14.4. The molecule has 0 N–H and O–H groups in total. The highest BCUT2D eigenvalue weighted by Gasteiger charge is 2.12. The van der Waals surface area contributed by atoms with E-state index in [0.29, 0.717) is 0 Å². The molecule has 0 rings (SSSR count). The number of hydrogen-bond acceptors (Lipinski definition) is 0. The topological polar surface area (TPSA) is 0 Å². The molecule has 1 unspecified atom stereocenters. The lowest BCUT2D eigenvalue weighted by Crippen LogP contribution is -2.07. The minimum Gasteiger partial charge on any atom is -0.0654 e. The summed E-state index contributed by atoms with van der Waals surface area (Å²) in [6.45, 7) is 9.43. The van der Waals surface area contributed by atoms with Crippen molar-refractivity contribution in [1.82, 2.24) is 0 Å². The van der Waals surface area contributed by atoms with Crippen molar-refractivity contribution in [3.63, 3.8) is 0 Å². The molecule has 0 aromatic heterocycles. The smallest absolute Gasteiger partial charge is 0.0412 e. The Morgan fingerprint density at radius 1 is 0.579 bits per heavy atom. The Balaban J connectivity index is 3.86. The van der Waals surface area contributed by atoms with E-state index in [0.717, 1.165) is 11.8 Å². The summed E-state index contributed by atoms with van der Waals surface area (Å²) in [5.74, 6) is 1.98. The molecule has 0 aliphatic heterocycles. The van der Waals surface area contributed by atoms with E-state index in [4.69, 9.17) is 0 Å². The fraction of sp³-hybridized carbons (Fsp3) is 1.00. The van der Waals surface area contributed by atoms with Gasteiger partial charge < -0.3 is 0 Å². The van der Waals surface area contributed by atoms with Gasteiger partial charge in [0.15, 0.2) is 0 Å². The summed E-state index contributed by atoms with van der Waals surface area (Å²) in [5.41, 5.74) is 0. The zero-order valence-corrected chi connectivity index (χ0v) is 14.3. The van der Waals surface area contributed by atoms with Crippen LogP contribution in [0.25, 0.3) is 0 Å². The highest BCUT2D eigenvalue weighted by atomic mass is 14.2. The molecule has 0 aromatic carbocycles. The van der Waals surface area contributed by atoms with E-state index in [9.17, 15) is 0 Å². The van der Waals surface area contributed by atoms with Crippen LogP contribution >= 0.6 is 0 Å². The van der Waals surface area contributed by atoms with Crippen LogP contribution in [-0.2, 0) is 0 Å². The average Bonchev–Trinajstić information content (AvgIpc) is 2.39. The van der Waals surface area contributed by atoms with Crippen molar-refractivity contribution >= 4 is 0 Å². The van der Waals surface area contributed by atoms with Gasteiger partial charge in [-0.15, -0.1) is 0 Å². The summed E-state index contributed by atoms with van der Waals surface area (Å²) in [7, 11) is 0. The molecule has 0 aliphatic carbocycles. The van der Waals surface area contributed by atoms with Crippen LogP contribution in [0.1, 0.15) is 111 Å². The van der Waals surface area contributed by atoms with E-state index in [-0.39, 0.29) is 0 Å². The minimum absolute atomic E-state index is 0.958. The van der Waals surface area contributed by atoms with Crippen LogP contribution in [0, 0.1) is 11.8 Å². The van der Waals surface area contributed by atoms with E-state index in [2.05, 4.69) is 27.7 Å². The molecular weight excluding hydrogens is 228 g/mol. The monoisotopic (exact) mass is 268 g/mol. The van der Waals surface area contributed by atoms with Crippen LogP contribution < -0.4 is 0 Å². The average molecular weight is 269 g/mol. The van der Waals surface area contributed by atoms with Gasteiger partial charge in [0.1, 0.15) is 0 Å². The second-order valence-corrected chi connectivity index (χ2v) is 6.69. The van der Waals surface area contributed by atoms with E-state index < -0.39 is 0 Å². The van der Waals surface area contributed by atoms with Crippen LogP contribution in [-0.4, -0.2) is 0 Å². The fourth-order valence-electron chi connectivity index (χ4n) is 3.18. The Hall–Kier alpha value is 0. The summed E-state index contributed by atoms with van der Waals surface area (Å²) >= 11 is 0. The molecule has 116 valence electrons. The predicted molar refractivity (Wildman–Crippen MR) is 89.7 cm³/mol. The van der Waals surface area contributed by atoms with Gasteiger partial charge >= 0.3 is 0 Å². The summed E-state index contributed by atoms with van der Waals surface area (Å²) in [5, 5.41) is 0. The fourth-order valence-corrected chi connectivity index (χ4v) is 3.18. The Morgan fingerprint density at radius 2 is 1.00 bits per heavy atom. The first-order chi connectivity index (χ1) is 9.24. The van der Waals surface area contributed by atoms with Crippen molar-refractivity contribution in [2.45, 2.75) is 111 Å². The summed E-state index contributed by atoms with van der Waals surface area (Å²) in [4.78, 5) is 0. The minimum atomic E-state index is 0.958. The Labute approximate surface area is 123 Å². The molecular formula is C19H40. The summed E-state index contributed by atoms with van der Waals surface area (Å²) in [6.07, 6.45) is 18.8. The zero-order chi connectivity index (χ0) is 14.3. The van der Waals surface area contributed by atoms with Crippen molar-refractivity contribution in [2.24, 2.45) is 11.8 Å². The molecule has 0 amide bonds. The van der Waals surface area contributed by atoms with Gasteiger partial charge in [-0.3, -0.25) is 0 Å².